The van der Waals surface area contributed by atoms with Crippen molar-refractivity contribution in [3.8, 4) is 0 Å². The first-order chi connectivity index (χ1) is 12.7. The average molecular weight is 347 g/mol. The first kappa shape index (κ1) is 16.8. The van der Waals surface area contributed by atoms with Crippen LogP contribution in [0.15, 0.2) is 54.9 Å². The Morgan fingerprint density at radius 3 is 2.73 bits per heavy atom. The summed E-state index contributed by atoms with van der Waals surface area (Å²) < 4.78 is 2.25. The number of aromatic nitrogens is 2. The second kappa shape index (κ2) is 7.32. The molecule has 1 saturated heterocycles. The highest BCUT2D eigenvalue weighted by Crippen LogP contribution is 2.22. The summed E-state index contributed by atoms with van der Waals surface area (Å²) in [6.45, 7) is 4.78. The molecule has 0 bridgehead atoms. The Kier molecular flexibility index (Phi) is 4.74. The van der Waals surface area contributed by atoms with Gasteiger partial charge in [-0.05, 0) is 43.4 Å². The van der Waals surface area contributed by atoms with Crippen LogP contribution in [-0.4, -0.2) is 33.4 Å². The summed E-state index contributed by atoms with van der Waals surface area (Å²) in [4.78, 5) is 19.1. The van der Waals surface area contributed by atoms with Gasteiger partial charge in [0.15, 0.2) is 0 Å². The third kappa shape index (κ3) is 3.64. The summed E-state index contributed by atoms with van der Waals surface area (Å²) in [6, 6.07) is 16.5. The van der Waals surface area contributed by atoms with Crippen LogP contribution in [0.25, 0.3) is 11.0 Å². The molecule has 1 amide bonds. The number of aryl methyl sites for hydroxylation is 1. The molecule has 2 aromatic carbocycles. The van der Waals surface area contributed by atoms with Crippen molar-refractivity contribution in [1.29, 1.82) is 0 Å². The van der Waals surface area contributed by atoms with Gasteiger partial charge >= 0.3 is 0 Å². The molecule has 0 atom stereocenters. The SMILES string of the molecule is Cc1cccc(CC(=O)N2CCC(Cn3cnc4ccccc43)CC2)c1. The summed E-state index contributed by atoms with van der Waals surface area (Å²) in [5, 5.41) is 0. The lowest BCUT2D eigenvalue weighted by Crippen LogP contribution is -2.40. The molecule has 1 aliphatic heterocycles. The third-order valence-corrected chi connectivity index (χ3v) is 5.39. The number of carbonyl (C=O) groups is 1. The molecule has 1 aromatic heterocycles. The fourth-order valence-corrected chi connectivity index (χ4v) is 3.91. The predicted octanol–water partition coefficient (Wildman–Crippen LogP) is 3.83. The molecule has 3 aromatic rings. The van der Waals surface area contributed by atoms with Crippen molar-refractivity contribution in [2.45, 2.75) is 32.7 Å². The van der Waals surface area contributed by atoms with Gasteiger partial charge in [-0.2, -0.15) is 0 Å². The van der Waals surface area contributed by atoms with E-state index in [1.807, 2.05) is 29.4 Å². The predicted molar refractivity (Wildman–Crippen MR) is 104 cm³/mol. The third-order valence-electron chi connectivity index (χ3n) is 5.39. The first-order valence-corrected chi connectivity index (χ1v) is 9.42. The maximum Gasteiger partial charge on any atom is 0.226 e. The minimum absolute atomic E-state index is 0.252. The highest BCUT2D eigenvalue weighted by Gasteiger charge is 2.23. The fraction of sp³-hybridized carbons (Fsp3) is 0.364. The van der Waals surface area contributed by atoms with Gasteiger partial charge < -0.3 is 9.47 Å². The van der Waals surface area contributed by atoms with Crippen molar-refractivity contribution in [1.82, 2.24) is 14.5 Å². The van der Waals surface area contributed by atoms with Crippen LogP contribution in [0.5, 0.6) is 0 Å². The number of imidazole rings is 1. The lowest BCUT2D eigenvalue weighted by atomic mass is 9.96. The number of nitrogens with zero attached hydrogens (tertiary/aromatic N) is 3. The Labute approximate surface area is 154 Å². The lowest BCUT2D eigenvalue weighted by Gasteiger charge is -2.32. The van der Waals surface area contributed by atoms with Crippen molar-refractivity contribution in [3.05, 3.63) is 66.0 Å². The zero-order valence-electron chi connectivity index (χ0n) is 15.3. The molecule has 0 saturated carbocycles. The second-order valence-electron chi connectivity index (χ2n) is 7.38. The van der Waals surface area contributed by atoms with E-state index in [4.69, 9.17) is 0 Å². The summed E-state index contributed by atoms with van der Waals surface area (Å²) >= 11 is 0. The van der Waals surface area contributed by atoms with Gasteiger partial charge in [-0.25, -0.2) is 4.98 Å². The number of benzene rings is 2. The number of carbonyl (C=O) groups excluding carboxylic acids is 1. The zero-order chi connectivity index (χ0) is 17.9. The van der Waals surface area contributed by atoms with Crippen LogP contribution in [0.4, 0.5) is 0 Å². The van der Waals surface area contributed by atoms with Gasteiger partial charge in [0, 0.05) is 19.6 Å². The van der Waals surface area contributed by atoms with E-state index in [1.54, 1.807) is 0 Å². The summed E-state index contributed by atoms with van der Waals surface area (Å²) in [5.41, 5.74) is 4.58. The number of para-hydroxylation sites is 2. The highest BCUT2D eigenvalue weighted by molar-refractivity contribution is 5.79. The average Bonchev–Trinajstić information content (AvgIpc) is 3.05. The lowest BCUT2D eigenvalue weighted by molar-refractivity contribution is -0.131. The normalized spacial score (nSPS) is 15.5. The summed E-state index contributed by atoms with van der Waals surface area (Å²) in [7, 11) is 0. The number of hydrogen-bond acceptors (Lipinski definition) is 2. The van der Waals surface area contributed by atoms with E-state index in [0.717, 1.165) is 43.6 Å². The Bertz CT molecular complexity index is 906. The quantitative estimate of drug-likeness (QED) is 0.719. The van der Waals surface area contributed by atoms with Crippen LogP contribution in [0.3, 0.4) is 0 Å². The van der Waals surface area contributed by atoms with Crippen molar-refractivity contribution in [2.75, 3.05) is 13.1 Å². The Morgan fingerprint density at radius 2 is 1.92 bits per heavy atom. The molecular formula is C22H25N3O. The highest BCUT2D eigenvalue weighted by atomic mass is 16.2. The maximum atomic E-state index is 12.6. The van der Waals surface area contributed by atoms with Gasteiger partial charge in [-0.3, -0.25) is 4.79 Å². The Balaban J connectivity index is 1.33. The maximum absolute atomic E-state index is 12.6. The van der Waals surface area contributed by atoms with Crippen molar-refractivity contribution in [3.63, 3.8) is 0 Å². The molecule has 0 N–H and O–H groups in total. The first-order valence-electron chi connectivity index (χ1n) is 9.42. The molecular weight excluding hydrogens is 322 g/mol. The Hall–Kier alpha value is -2.62. The molecule has 26 heavy (non-hydrogen) atoms. The number of fused-ring (bicyclic) bond motifs is 1. The molecule has 134 valence electrons. The number of amides is 1. The van der Waals surface area contributed by atoms with Gasteiger partial charge in [0.2, 0.25) is 5.91 Å². The number of piperidine rings is 1. The molecule has 4 heteroatoms. The molecule has 4 nitrogen and oxygen atoms in total. The van der Waals surface area contributed by atoms with E-state index in [9.17, 15) is 4.79 Å². The van der Waals surface area contributed by atoms with Crippen LogP contribution in [0.1, 0.15) is 24.0 Å². The molecule has 2 heterocycles. The molecule has 0 unspecified atom stereocenters. The molecule has 1 fully saturated rings. The van der Waals surface area contributed by atoms with Crippen LogP contribution >= 0.6 is 0 Å². The fourth-order valence-electron chi connectivity index (χ4n) is 3.91. The molecule has 0 spiro atoms. The smallest absolute Gasteiger partial charge is 0.226 e. The standard InChI is InChI=1S/C22H25N3O/c1-17-5-4-6-19(13-17)14-22(26)24-11-9-18(10-12-24)15-25-16-23-20-7-2-3-8-21(20)25/h2-8,13,16,18H,9-12,14-15H2,1H3. The van der Waals surface area contributed by atoms with E-state index in [2.05, 4.69) is 46.8 Å². The van der Waals surface area contributed by atoms with Gasteiger partial charge in [0.1, 0.15) is 0 Å². The molecule has 1 aliphatic rings. The van der Waals surface area contributed by atoms with Crippen molar-refractivity contribution >= 4 is 16.9 Å². The van der Waals surface area contributed by atoms with Gasteiger partial charge in [-0.15, -0.1) is 0 Å². The monoisotopic (exact) mass is 347 g/mol. The largest absolute Gasteiger partial charge is 0.342 e. The van der Waals surface area contributed by atoms with Crippen molar-refractivity contribution in [2.24, 2.45) is 5.92 Å². The number of hydrogen-bond donors (Lipinski definition) is 0. The van der Waals surface area contributed by atoms with E-state index in [-0.39, 0.29) is 5.91 Å². The molecule has 4 rings (SSSR count). The minimum atomic E-state index is 0.252. The van der Waals surface area contributed by atoms with Gasteiger partial charge in [0.05, 0.1) is 23.8 Å². The van der Waals surface area contributed by atoms with Gasteiger partial charge in [-0.1, -0.05) is 42.0 Å². The van der Waals surface area contributed by atoms with Gasteiger partial charge in [0.25, 0.3) is 0 Å². The van der Waals surface area contributed by atoms with Crippen LogP contribution < -0.4 is 0 Å². The van der Waals surface area contributed by atoms with Crippen LogP contribution in [0.2, 0.25) is 0 Å². The zero-order valence-corrected chi connectivity index (χ0v) is 15.3. The molecule has 0 radical (unpaired) electrons. The Morgan fingerprint density at radius 1 is 1.12 bits per heavy atom. The summed E-state index contributed by atoms with van der Waals surface area (Å²) in [6.07, 6.45) is 4.58. The number of rotatable bonds is 4. The summed E-state index contributed by atoms with van der Waals surface area (Å²) in [5.74, 6) is 0.859. The minimum Gasteiger partial charge on any atom is -0.342 e. The topological polar surface area (TPSA) is 38.1 Å². The van der Waals surface area contributed by atoms with E-state index in [1.165, 1.54) is 11.1 Å². The van der Waals surface area contributed by atoms with Crippen LogP contribution in [-0.2, 0) is 17.8 Å². The number of likely N-dealkylation sites (tertiary alicyclic amines) is 1. The molecule has 0 aliphatic carbocycles. The van der Waals surface area contributed by atoms with E-state index in [0.29, 0.717) is 12.3 Å². The second-order valence-corrected chi connectivity index (χ2v) is 7.38. The van der Waals surface area contributed by atoms with Crippen molar-refractivity contribution < 1.29 is 4.79 Å². The van der Waals surface area contributed by atoms with E-state index >= 15 is 0 Å². The van der Waals surface area contributed by atoms with Crippen LogP contribution in [0, 0.1) is 12.8 Å². The van der Waals surface area contributed by atoms with E-state index < -0.39 is 0 Å².